The van der Waals surface area contributed by atoms with Gasteiger partial charge in [0.05, 0.1) is 28.2 Å². The summed E-state index contributed by atoms with van der Waals surface area (Å²) in [4.78, 5) is 37.0. The van der Waals surface area contributed by atoms with Crippen LogP contribution in [0, 0.1) is 24.7 Å². The Kier molecular flexibility index (Phi) is 10.8. The lowest BCUT2D eigenvalue weighted by atomic mass is 9.91. The number of benzene rings is 1. The Bertz CT molecular complexity index is 1460. The number of amides is 2. The van der Waals surface area contributed by atoms with Crippen LogP contribution in [0.3, 0.4) is 0 Å². The van der Waals surface area contributed by atoms with Crippen LogP contribution in [0.15, 0.2) is 40.4 Å². The Hall–Kier alpha value is -3.28. The molecule has 0 radical (unpaired) electrons. The fraction of sp³-hybridized carbons (Fsp3) is 0.600. The number of carbonyl (C=O) groups is 2. The fourth-order valence-corrected chi connectivity index (χ4v) is 8.24. The van der Waals surface area contributed by atoms with Crippen molar-refractivity contribution in [3.05, 3.63) is 52.9 Å². The van der Waals surface area contributed by atoms with Gasteiger partial charge in [-0.2, -0.15) is 0 Å². The lowest BCUT2D eigenvalue weighted by molar-refractivity contribution is -0.141. The maximum Gasteiger partial charge on any atom is 0.254 e. The fourth-order valence-electron chi connectivity index (χ4n) is 7.43. The highest BCUT2D eigenvalue weighted by Gasteiger charge is 2.41. The first-order valence-corrected chi connectivity index (χ1v) is 17.2. The standard InChI is InChI=1S/C34H45N5O5S.CH4/c1-20(2)31(29-16-30(37-44-29)43-13-12-38-17-25-14-27(40)15-26(25)18-38)34(42)39-11-5-6-28(39)33(41)36-21(3)23-7-9-24(10-8-23)32-22(4)35-19-45-32;/h7-10,16,19-21,25-28,31,40H,5-6,11-15,17-18H2,1-4H3,(H,36,41);1H4/t21-,25?,26?,27?,28-,31?;/m0./s1. The molecule has 0 bridgehead atoms. The number of carbonyl (C=O) groups excluding carboxylic acids is 2. The third-order valence-electron chi connectivity index (χ3n) is 9.82. The quantitative estimate of drug-likeness (QED) is 0.282. The highest BCUT2D eigenvalue weighted by atomic mass is 32.1. The second kappa shape index (κ2) is 14.6. The van der Waals surface area contributed by atoms with E-state index in [0.29, 0.717) is 43.0 Å². The number of hydrogen-bond acceptors (Lipinski definition) is 9. The normalized spacial score (nSPS) is 24.1. The average molecular weight is 652 g/mol. The van der Waals surface area contributed by atoms with Gasteiger partial charge < -0.3 is 24.6 Å². The largest absolute Gasteiger partial charge is 0.474 e. The number of aromatic nitrogens is 2. The summed E-state index contributed by atoms with van der Waals surface area (Å²) >= 11 is 1.62. The van der Waals surface area contributed by atoms with E-state index in [4.69, 9.17) is 9.26 Å². The number of aliphatic hydroxyl groups excluding tert-OH is 1. The van der Waals surface area contributed by atoms with E-state index < -0.39 is 12.0 Å². The van der Waals surface area contributed by atoms with Gasteiger partial charge in [0.2, 0.25) is 11.8 Å². The molecule has 1 aromatic carbocycles. The van der Waals surface area contributed by atoms with E-state index in [1.165, 1.54) is 0 Å². The first kappa shape index (κ1) is 34.1. The molecule has 3 unspecified atom stereocenters. The smallest absolute Gasteiger partial charge is 0.254 e. The number of fused-ring (bicyclic) bond motifs is 1. The van der Waals surface area contributed by atoms with E-state index in [-0.39, 0.29) is 37.3 Å². The van der Waals surface area contributed by atoms with Crippen LogP contribution >= 0.6 is 11.3 Å². The molecule has 11 heteroatoms. The Balaban J connectivity index is 0.00000417. The molecule has 2 aliphatic heterocycles. The summed E-state index contributed by atoms with van der Waals surface area (Å²) in [5.74, 6) is 1.13. The van der Waals surface area contributed by atoms with E-state index in [1.807, 2.05) is 45.3 Å². The number of likely N-dealkylation sites (tertiary alicyclic amines) is 2. The number of aliphatic hydroxyl groups is 1. The minimum atomic E-state index is -0.562. The van der Waals surface area contributed by atoms with Crippen molar-refractivity contribution >= 4 is 23.2 Å². The third kappa shape index (κ3) is 7.31. The minimum Gasteiger partial charge on any atom is -0.474 e. The van der Waals surface area contributed by atoms with Gasteiger partial charge in [-0.05, 0) is 73.6 Å². The van der Waals surface area contributed by atoms with E-state index in [9.17, 15) is 14.7 Å². The predicted molar refractivity (Wildman–Crippen MR) is 179 cm³/mol. The van der Waals surface area contributed by atoms with Crippen molar-refractivity contribution < 1.29 is 24.0 Å². The molecule has 250 valence electrons. The first-order chi connectivity index (χ1) is 21.7. The van der Waals surface area contributed by atoms with Crippen molar-refractivity contribution in [3.63, 3.8) is 0 Å². The predicted octanol–water partition coefficient (Wildman–Crippen LogP) is 5.43. The van der Waals surface area contributed by atoms with Crippen LogP contribution < -0.4 is 10.1 Å². The average Bonchev–Trinajstić information content (AvgIpc) is 3.83. The van der Waals surface area contributed by atoms with Crippen molar-refractivity contribution in [1.82, 2.24) is 25.3 Å². The van der Waals surface area contributed by atoms with Crippen LogP contribution in [0.1, 0.15) is 82.9 Å². The molecular formula is C35H49N5O5S. The molecule has 1 aliphatic carbocycles. The second-order valence-electron chi connectivity index (χ2n) is 13.4. The van der Waals surface area contributed by atoms with Crippen LogP contribution in [0.5, 0.6) is 5.88 Å². The van der Waals surface area contributed by atoms with Gasteiger partial charge in [-0.3, -0.25) is 14.5 Å². The summed E-state index contributed by atoms with van der Waals surface area (Å²) in [5.41, 5.74) is 4.98. The highest BCUT2D eigenvalue weighted by Crippen LogP contribution is 2.38. The Labute approximate surface area is 276 Å². The molecule has 3 aliphatic rings. The van der Waals surface area contributed by atoms with E-state index in [2.05, 4.69) is 32.5 Å². The summed E-state index contributed by atoms with van der Waals surface area (Å²) in [6.45, 7) is 11.7. The van der Waals surface area contributed by atoms with Crippen LogP contribution in [-0.2, 0) is 9.59 Å². The Morgan fingerprint density at radius 3 is 2.52 bits per heavy atom. The molecule has 10 nitrogen and oxygen atoms in total. The van der Waals surface area contributed by atoms with Gasteiger partial charge in [0, 0.05) is 32.2 Å². The zero-order valence-electron chi connectivity index (χ0n) is 26.6. The van der Waals surface area contributed by atoms with Crippen molar-refractivity contribution in [2.45, 2.75) is 84.9 Å². The number of nitrogens with zero attached hydrogens (tertiary/aromatic N) is 4. The van der Waals surface area contributed by atoms with Crippen LogP contribution in [-0.4, -0.2) is 81.8 Å². The molecule has 5 atom stereocenters. The maximum atomic E-state index is 13.9. The lowest BCUT2D eigenvalue weighted by Crippen LogP contribution is -2.48. The third-order valence-corrected chi connectivity index (χ3v) is 10.8. The van der Waals surface area contributed by atoms with Crippen molar-refractivity contribution in [2.24, 2.45) is 17.8 Å². The summed E-state index contributed by atoms with van der Waals surface area (Å²) in [6.07, 6.45) is 3.06. The molecule has 46 heavy (non-hydrogen) atoms. The monoisotopic (exact) mass is 651 g/mol. The van der Waals surface area contributed by atoms with Gasteiger partial charge in [-0.15, -0.1) is 11.3 Å². The Morgan fingerprint density at radius 2 is 1.87 bits per heavy atom. The number of nitrogens with one attached hydrogen (secondary N) is 1. The van der Waals surface area contributed by atoms with Crippen molar-refractivity contribution in [1.29, 1.82) is 0 Å². The summed E-state index contributed by atoms with van der Waals surface area (Å²) in [7, 11) is 0. The maximum absolute atomic E-state index is 13.9. The molecule has 3 fully saturated rings. The molecule has 2 saturated heterocycles. The molecule has 1 saturated carbocycles. The van der Waals surface area contributed by atoms with Crippen molar-refractivity contribution in [2.75, 3.05) is 32.8 Å². The SMILES string of the molecule is C.Cc1ncsc1-c1ccc([C@H](C)NC(=O)[C@@H]2CCCN2C(=O)C(c2cc(OCCN3CC4CC(O)CC4C3)no2)C(C)C)cc1. The lowest BCUT2D eigenvalue weighted by Gasteiger charge is -2.29. The van der Waals surface area contributed by atoms with E-state index >= 15 is 0 Å². The van der Waals surface area contributed by atoms with E-state index in [1.54, 1.807) is 22.3 Å². The Morgan fingerprint density at radius 1 is 1.15 bits per heavy atom. The van der Waals surface area contributed by atoms with Crippen LogP contribution in [0.25, 0.3) is 10.4 Å². The molecule has 0 spiro atoms. The summed E-state index contributed by atoms with van der Waals surface area (Å²) < 4.78 is 11.6. The molecule has 2 amide bonds. The van der Waals surface area contributed by atoms with Crippen molar-refractivity contribution in [3.8, 4) is 16.3 Å². The van der Waals surface area contributed by atoms with Gasteiger partial charge in [-0.25, -0.2) is 4.98 Å². The zero-order chi connectivity index (χ0) is 31.7. The molecule has 2 aromatic heterocycles. The number of ether oxygens (including phenoxy) is 1. The molecule has 2 N–H and O–H groups in total. The van der Waals surface area contributed by atoms with Crippen LogP contribution in [0.2, 0.25) is 0 Å². The van der Waals surface area contributed by atoms with Gasteiger partial charge in [-0.1, -0.05) is 45.5 Å². The first-order valence-electron chi connectivity index (χ1n) is 16.3. The van der Waals surface area contributed by atoms with Crippen LogP contribution in [0.4, 0.5) is 0 Å². The summed E-state index contributed by atoms with van der Waals surface area (Å²) in [6, 6.07) is 9.20. The molecule has 4 heterocycles. The highest BCUT2D eigenvalue weighted by molar-refractivity contribution is 7.13. The number of aryl methyl sites for hydroxylation is 1. The van der Waals surface area contributed by atoms with Gasteiger partial charge in [0.1, 0.15) is 18.6 Å². The number of thiazole rings is 1. The minimum absolute atomic E-state index is 0. The molecule has 6 rings (SSSR count). The van der Waals surface area contributed by atoms with Gasteiger partial charge in [0.25, 0.3) is 5.88 Å². The van der Waals surface area contributed by atoms with Gasteiger partial charge >= 0.3 is 0 Å². The second-order valence-corrected chi connectivity index (χ2v) is 14.2. The topological polar surface area (TPSA) is 121 Å². The molecule has 3 aromatic rings. The molecular weight excluding hydrogens is 602 g/mol. The number of rotatable bonds is 11. The summed E-state index contributed by atoms with van der Waals surface area (Å²) in [5, 5.41) is 17.1. The van der Waals surface area contributed by atoms with Gasteiger partial charge in [0.15, 0.2) is 5.76 Å². The number of hydrogen-bond donors (Lipinski definition) is 2. The zero-order valence-corrected chi connectivity index (χ0v) is 27.5. The van der Waals surface area contributed by atoms with E-state index in [0.717, 1.165) is 60.6 Å².